The molecule has 5 nitrogen and oxygen atoms in total. The molecule has 0 bridgehead atoms. The van der Waals surface area contributed by atoms with Gasteiger partial charge in [0.25, 0.3) is 0 Å². The van der Waals surface area contributed by atoms with Gasteiger partial charge in [0.2, 0.25) is 0 Å². The van der Waals surface area contributed by atoms with Crippen LogP contribution in [0, 0.1) is 19.8 Å². The summed E-state index contributed by atoms with van der Waals surface area (Å²) in [6.07, 6.45) is 6.72. The van der Waals surface area contributed by atoms with Gasteiger partial charge in [0, 0.05) is 46.3 Å². The Morgan fingerprint density at radius 3 is 2.38 bits per heavy atom. The number of aryl methyl sites for hydroxylation is 1. The summed E-state index contributed by atoms with van der Waals surface area (Å²) in [4.78, 5) is 4.85. The fourth-order valence-corrected chi connectivity index (χ4v) is 7.71. The first-order chi connectivity index (χ1) is 22.9. The van der Waals surface area contributed by atoms with Crippen LogP contribution >= 0.6 is 0 Å². The van der Waals surface area contributed by atoms with E-state index < -0.39 is 0 Å². The van der Waals surface area contributed by atoms with Gasteiger partial charge in [-0.05, 0) is 104 Å². The fraction of sp³-hybridized carbons (Fsp3) is 0.349. The molecule has 0 amide bonds. The Hall–Kier alpha value is -4.64. The zero-order valence-electron chi connectivity index (χ0n) is 29.9. The van der Waals surface area contributed by atoms with Crippen molar-refractivity contribution in [2.45, 2.75) is 92.4 Å². The zero-order chi connectivity index (χ0) is 33.9. The summed E-state index contributed by atoms with van der Waals surface area (Å²) in [5, 5.41) is 7.50. The highest BCUT2D eigenvalue weighted by atomic mass is 16.5. The van der Waals surface area contributed by atoms with Gasteiger partial charge in [-0.1, -0.05) is 71.4 Å². The minimum Gasteiger partial charge on any atom is -0.457 e. The first-order valence-corrected chi connectivity index (χ1v) is 17.5. The van der Waals surface area contributed by atoms with Gasteiger partial charge in [0.15, 0.2) is 0 Å². The molecule has 0 saturated carbocycles. The van der Waals surface area contributed by atoms with Gasteiger partial charge in [-0.15, -0.1) is 0 Å². The molecular formula is C43H48N4O. The van der Waals surface area contributed by atoms with Crippen molar-refractivity contribution in [2.75, 3.05) is 0 Å². The Morgan fingerprint density at radius 1 is 0.854 bits per heavy atom. The first-order valence-electron chi connectivity index (χ1n) is 17.5. The van der Waals surface area contributed by atoms with Gasteiger partial charge in [-0.3, -0.25) is 4.57 Å². The number of para-hydroxylation sites is 1. The molecule has 3 heterocycles. The molecule has 7 rings (SSSR count). The van der Waals surface area contributed by atoms with E-state index in [9.17, 15) is 0 Å². The van der Waals surface area contributed by atoms with E-state index in [0.717, 1.165) is 39.7 Å². The van der Waals surface area contributed by atoms with Crippen LogP contribution in [0.5, 0.6) is 11.5 Å². The van der Waals surface area contributed by atoms with E-state index in [1.807, 2.05) is 6.20 Å². The van der Waals surface area contributed by atoms with E-state index in [2.05, 4.69) is 150 Å². The minimum atomic E-state index is 0.0142. The van der Waals surface area contributed by atoms with E-state index in [0.29, 0.717) is 17.8 Å². The molecule has 1 unspecified atom stereocenters. The van der Waals surface area contributed by atoms with Crippen LogP contribution in [0.3, 0.4) is 0 Å². The molecule has 0 spiro atoms. The summed E-state index contributed by atoms with van der Waals surface area (Å²) in [6, 6.07) is 25.9. The highest BCUT2D eigenvalue weighted by Gasteiger charge is 2.29. The maximum Gasteiger partial charge on any atom is 0.137 e. The van der Waals surface area contributed by atoms with Gasteiger partial charge in [-0.2, -0.15) is 5.10 Å². The van der Waals surface area contributed by atoms with Gasteiger partial charge in [0.05, 0.1) is 22.4 Å². The van der Waals surface area contributed by atoms with Gasteiger partial charge < -0.3 is 4.74 Å². The van der Waals surface area contributed by atoms with Crippen molar-refractivity contribution in [1.29, 1.82) is 0 Å². The van der Waals surface area contributed by atoms with Crippen LogP contribution < -0.4 is 4.74 Å². The molecule has 1 aliphatic carbocycles. The summed E-state index contributed by atoms with van der Waals surface area (Å²) in [5.74, 6) is 3.85. The summed E-state index contributed by atoms with van der Waals surface area (Å²) in [7, 11) is 0. The number of allylic oxidation sites excluding steroid dienone is 2. The number of hydrogen-bond acceptors (Lipinski definition) is 3. The van der Waals surface area contributed by atoms with E-state index in [1.54, 1.807) is 0 Å². The zero-order valence-corrected chi connectivity index (χ0v) is 29.9. The van der Waals surface area contributed by atoms with Crippen LogP contribution in [-0.2, 0) is 5.41 Å². The lowest BCUT2D eigenvalue weighted by molar-refractivity contribution is 0.447. The third kappa shape index (κ3) is 5.63. The van der Waals surface area contributed by atoms with Crippen molar-refractivity contribution in [1.82, 2.24) is 19.3 Å². The number of hydrogen-bond donors (Lipinski definition) is 0. The van der Waals surface area contributed by atoms with Crippen molar-refractivity contribution in [3.05, 3.63) is 119 Å². The molecular weight excluding hydrogens is 589 g/mol. The lowest BCUT2D eigenvalue weighted by atomic mass is 9.75. The predicted molar refractivity (Wildman–Crippen MR) is 199 cm³/mol. The molecule has 3 aromatic heterocycles. The predicted octanol–water partition coefficient (Wildman–Crippen LogP) is 11.7. The summed E-state index contributed by atoms with van der Waals surface area (Å²) < 4.78 is 11.1. The van der Waals surface area contributed by atoms with Crippen molar-refractivity contribution in [3.8, 4) is 23.0 Å². The van der Waals surface area contributed by atoms with Crippen molar-refractivity contribution < 1.29 is 4.74 Å². The van der Waals surface area contributed by atoms with Crippen LogP contribution in [0.1, 0.15) is 101 Å². The third-order valence-corrected chi connectivity index (χ3v) is 10.4. The van der Waals surface area contributed by atoms with Crippen LogP contribution in [0.25, 0.3) is 33.3 Å². The molecule has 48 heavy (non-hydrogen) atoms. The average Bonchev–Trinajstić information content (AvgIpc) is 3.53. The van der Waals surface area contributed by atoms with E-state index in [-0.39, 0.29) is 5.41 Å². The lowest BCUT2D eigenvalue weighted by Gasteiger charge is -2.29. The van der Waals surface area contributed by atoms with Crippen LogP contribution in [0.2, 0.25) is 0 Å². The van der Waals surface area contributed by atoms with Gasteiger partial charge >= 0.3 is 0 Å². The maximum atomic E-state index is 6.75. The molecule has 0 saturated heterocycles. The fourth-order valence-electron chi connectivity index (χ4n) is 7.71. The second kappa shape index (κ2) is 12.1. The number of aromatic nitrogens is 4. The molecule has 0 aliphatic heterocycles. The van der Waals surface area contributed by atoms with Crippen LogP contribution in [0.15, 0.2) is 90.6 Å². The second-order valence-electron chi connectivity index (χ2n) is 15.2. The molecule has 0 fully saturated rings. The van der Waals surface area contributed by atoms with Crippen molar-refractivity contribution in [3.63, 3.8) is 0 Å². The summed E-state index contributed by atoms with van der Waals surface area (Å²) in [6.45, 7) is 20.2. The summed E-state index contributed by atoms with van der Waals surface area (Å²) in [5.41, 5.74) is 10.9. The lowest BCUT2D eigenvalue weighted by Crippen LogP contribution is -2.16. The number of ether oxygens (including phenoxy) is 1. The second-order valence-corrected chi connectivity index (χ2v) is 15.2. The number of benzene rings is 3. The van der Waals surface area contributed by atoms with Gasteiger partial charge in [0.1, 0.15) is 17.3 Å². The molecule has 3 aromatic carbocycles. The Morgan fingerprint density at radius 2 is 1.62 bits per heavy atom. The average molecular weight is 637 g/mol. The smallest absolute Gasteiger partial charge is 0.137 e. The molecule has 0 N–H and O–H groups in total. The molecule has 6 aromatic rings. The monoisotopic (exact) mass is 636 g/mol. The summed E-state index contributed by atoms with van der Waals surface area (Å²) >= 11 is 0. The molecule has 246 valence electrons. The van der Waals surface area contributed by atoms with E-state index in [4.69, 9.17) is 14.8 Å². The number of fused-ring (bicyclic) bond motifs is 3. The minimum absolute atomic E-state index is 0.0142. The molecule has 0 radical (unpaired) electrons. The van der Waals surface area contributed by atoms with Crippen LogP contribution in [0.4, 0.5) is 0 Å². The van der Waals surface area contributed by atoms with Crippen molar-refractivity contribution >= 4 is 21.8 Å². The van der Waals surface area contributed by atoms with E-state index in [1.165, 1.54) is 51.6 Å². The Bertz CT molecular complexity index is 2190. The van der Waals surface area contributed by atoms with Gasteiger partial charge in [-0.25, -0.2) is 9.67 Å². The van der Waals surface area contributed by atoms with Crippen LogP contribution in [-0.4, -0.2) is 19.3 Å². The quantitative estimate of drug-likeness (QED) is 0.171. The SMILES string of the molecule is CC1=CCCC(C)[C@H]1c1c(C)nn(-c2cc(Oc3ccc4c5ccccc5n(-c5cc(C(C)(C)C)ccn5)c4c3)cc(C(C)C)c2)c1C. The molecule has 5 heteroatoms. The first kappa shape index (κ1) is 31.9. The highest BCUT2D eigenvalue weighted by molar-refractivity contribution is 6.09. The largest absolute Gasteiger partial charge is 0.457 e. The maximum absolute atomic E-state index is 6.75. The molecule has 2 atom stereocenters. The molecule has 1 aliphatic rings. The Kier molecular flexibility index (Phi) is 8.06. The Balaban J connectivity index is 1.32. The van der Waals surface area contributed by atoms with E-state index >= 15 is 0 Å². The van der Waals surface area contributed by atoms with Crippen molar-refractivity contribution in [2.24, 2.45) is 5.92 Å². The standard InChI is InChI=1S/C43H48N4O/c1-26(2)31-21-33(47-30(6)42(29(5)45-47)41-27(3)13-12-14-28(41)4)24-35(22-31)48-34-17-18-37-36-15-10-11-16-38(36)46(39(37)25-34)40-23-32(19-20-44-40)43(7,8)9/h10-11,13,15-26,28,41H,12,14H2,1-9H3/t28?,41-/m0/s1. The topological polar surface area (TPSA) is 44.9 Å². The Labute approximate surface area is 285 Å². The normalized spacial score (nSPS) is 17.0. The number of pyridine rings is 1. The highest BCUT2D eigenvalue weighted by Crippen LogP contribution is 2.42. The number of nitrogens with zero attached hydrogens (tertiary/aromatic N) is 4. The number of rotatable bonds is 6. The third-order valence-electron chi connectivity index (χ3n) is 10.4.